The lowest BCUT2D eigenvalue weighted by Gasteiger charge is -2.04. The lowest BCUT2D eigenvalue weighted by Crippen LogP contribution is -2.17. The van der Waals surface area contributed by atoms with Crippen LogP contribution in [0, 0.1) is 0 Å². The number of rotatable bonds is 0. The van der Waals surface area contributed by atoms with E-state index in [1.54, 1.807) is 0 Å². The zero-order valence-corrected chi connectivity index (χ0v) is 5.88. The fourth-order valence-electron chi connectivity index (χ4n) is 1.40. The summed E-state index contributed by atoms with van der Waals surface area (Å²) in [5.74, 6) is 0. The van der Waals surface area contributed by atoms with E-state index in [0.29, 0.717) is 6.04 Å². The van der Waals surface area contributed by atoms with Gasteiger partial charge in [-0.3, -0.25) is 0 Å². The molecule has 0 aliphatic carbocycles. The highest BCUT2D eigenvalue weighted by molar-refractivity contribution is 5.24. The molecule has 1 saturated heterocycles. The van der Waals surface area contributed by atoms with Crippen molar-refractivity contribution in [1.82, 2.24) is 5.32 Å². The zero-order chi connectivity index (χ0) is 6.81. The van der Waals surface area contributed by atoms with E-state index in [0.717, 1.165) is 0 Å². The van der Waals surface area contributed by atoms with Gasteiger partial charge in [0.25, 0.3) is 0 Å². The minimum atomic E-state index is 0.594. The van der Waals surface area contributed by atoms with Gasteiger partial charge in [-0.15, -0.1) is 0 Å². The Hall–Kier alpha value is -0.980. The number of hydrogen-bond donors (Lipinski definition) is 1. The highest BCUT2D eigenvalue weighted by Gasteiger charge is 2.14. The second-order valence-electron chi connectivity index (χ2n) is 2.75. The van der Waals surface area contributed by atoms with Crippen molar-refractivity contribution in [3.63, 3.8) is 0 Å². The predicted molar refractivity (Wildman–Crippen MR) is 42.5 cm³/mol. The van der Waals surface area contributed by atoms with Gasteiger partial charge in [-0.25, -0.2) is 0 Å². The Balaban J connectivity index is 2.28. The van der Waals surface area contributed by atoms with Gasteiger partial charge in [-0.2, -0.15) is 0 Å². The van der Waals surface area contributed by atoms with Gasteiger partial charge in [0.05, 0.1) is 0 Å². The van der Waals surface area contributed by atoms with E-state index in [2.05, 4.69) is 35.7 Å². The standard InChI is InChI=1S/C9H11N/c1-2-4-8-6-7-9(10-8)5-3-1/h1-5,8,10H,6-7H2/b3-1-,4-2-,9-5-. The summed E-state index contributed by atoms with van der Waals surface area (Å²) in [6.45, 7) is 0. The Morgan fingerprint density at radius 3 is 3.30 bits per heavy atom. The summed E-state index contributed by atoms with van der Waals surface area (Å²) in [7, 11) is 0. The highest BCUT2D eigenvalue weighted by atomic mass is 14.9. The molecule has 1 fully saturated rings. The summed E-state index contributed by atoms with van der Waals surface area (Å²) in [6.07, 6.45) is 13.1. The van der Waals surface area contributed by atoms with Crippen LogP contribution in [0.5, 0.6) is 0 Å². The molecule has 1 nitrogen and oxygen atoms in total. The first kappa shape index (κ1) is 5.78. The molecular formula is C9H11N. The van der Waals surface area contributed by atoms with Gasteiger partial charge in [-0.1, -0.05) is 24.3 Å². The van der Waals surface area contributed by atoms with Crippen molar-refractivity contribution in [2.24, 2.45) is 0 Å². The van der Waals surface area contributed by atoms with Gasteiger partial charge in [0.15, 0.2) is 0 Å². The Labute approximate surface area is 61.1 Å². The van der Waals surface area contributed by atoms with Gasteiger partial charge < -0.3 is 5.32 Å². The maximum absolute atomic E-state index is 3.42. The van der Waals surface area contributed by atoms with Crippen LogP contribution in [0.25, 0.3) is 0 Å². The fourth-order valence-corrected chi connectivity index (χ4v) is 1.40. The lowest BCUT2D eigenvalue weighted by atomic mass is 10.2. The Morgan fingerprint density at radius 1 is 1.30 bits per heavy atom. The zero-order valence-electron chi connectivity index (χ0n) is 5.88. The highest BCUT2D eigenvalue weighted by Crippen LogP contribution is 2.17. The molecule has 1 heteroatoms. The first-order valence-electron chi connectivity index (χ1n) is 3.76. The van der Waals surface area contributed by atoms with Crippen molar-refractivity contribution >= 4 is 0 Å². The molecule has 0 radical (unpaired) electrons. The van der Waals surface area contributed by atoms with Crippen LogP contribution in [0.4, 0.5) is 0 Å². The first-order valence-corrected chi connectivity index (χ1v) is 3.76. The van der Waals surface area contributed by atoms with Crippen molar-refractivity contribution in [1.29, 1.82) is 0 Å². The molecule has 2 rings (SSSR count). The number of fused-ring (bicyclic) bond motifs is 2. The third-order valence-electron chi connectivity index (χ3n) is 1.96. The van der Waals surface area contributed by atoms with Crippen LogP contribution in [0.15, 0.2) is 36.1 Å². The van der Waals surface area contributed by atoms with E-state index in [1.807, 2.05) is 0 Å². The van der Waals surface area contributed by atoms with E-state index in [-0.39, 0.29) is 0 Å². The summed E-state index contributed by atoms with van der Waals surface area (Å²) < 4.78 is 0. The van der Waals surface area contributed by atoms with Crippen LogP contribution in [0.2, 0.25) is 0 Å². The molecule has 0 saturated carbocycles. The second-order valence-corrected chi connectivity index (χ2v) is 2.75. The van der Waals surface area contributed by atoms with Gasteiger partial charge >= 0.3 is 0 Å². The third-order valence-corrected chi connectivity index (χ3v) is 1.96. The van der Waals surface area contributed by atoms with Crippen LogP contribution in [-0.4, -0.2) is 6.04 Å². The fraction of sp³-hybridized carbons (Fsp3) is 0.333. The van der Waals surface area contributed by atoms with Gasteiger partial charge in [0.1, 0.15) is 0 Å². The number of hydrogen-bond acceptors (Lipinski definition) is 1. The van der Waals surface area contributed by atoms with Gasteiger partial charge in [0, 0.05) is 11.7 Å². The molecule has 1 unspecified atom stereocenters. The molecular weight excluding hydrogens is 122 g/mol. The van der Waals surface area contributed by atoms with E-state index in [4.69, 9.17) is 0 Å². The molecule has 1 atom stereocenters. The predicted octanol–water partition coefficient (Wildman–Crippen LogP) is 1.75. The minimum absolute atomic E-state index is 0.594. The molecule has 0 amide bonds. The topological polar surface area (TPSA) is 12.0 Å². The van der Waals surface area contributed by atoms with Crippen molar-refractivity contribution in [2.45, 2.75) is 18.9 Å². The molecule has 2 bridgehead atoms. The molecule has 0 aromatic carbocycles. The molecule has 52 valence electrons. The van der Waals surface area contributed by atoms with E-state index >= 15 is 0 Å². The number of allylic oxidation sites excluding steroid dienone is 5. The smallest absolute Gasteiger partial charge is 0.0448 e. The molecule has 2 aliphatic rings. The molecule has 2 heterocycles. The maximum Gasteiger partial charge on any atom is 0.0448 e. The minimum Gasteiger partial charge on any atom is -0.382 e. The average molecular weight is 133 g/mol. The van der Waals surface area contributed by atoms with Crippen LogP contribution in [0.1, 0.15) is 12.8 Å². The Morgan fingerprint density at radius 2 is 2.30 bits per heavy atom. The summed E-state index contributed by atoms with van der Waals surface area (Å²) in [4.78, 5) is 0. The summed E-state index contributed by atoms with van der Waals surface area (Å²) >= 11 is 0. The first-order chi connectivity index (χ1) is 4.95. The van der Waals surface area contributed by atoms with E-state index < -0.39 is 0 Å². The Kier molecular flexibility index (Phi) is 1.35. The molecule has 0 aromatic rings. The van der Waals surface area contributed by atoms with Crippen LogP contribution >= 0.6 is 0 Å². The molecule has 2 aliphatic heterocycles. The van der Waals surface area contributed by atoms with Crippen LogP contribution in [0.3, 0.4) is 0 Å². The lowest BCUT2D eigenvalue weighted by molar-refractivity contribution is 0.747. The van der Waals surface area contributed by atoms with Crippen LogP contribution in [-0.2, 0) is 0 Å². The van der Waals surface area contributed by atoms with Crippen molar-refractivity contribution in [2.75, 3.05) is 0 Å². The van der Waals surface area contributed by atoms with E-state index in [1.165, 1.54) is 18.5 Å². The van der Waals surface area contributed by atoms with Crippen molar-refractivity contribution in [3.8, 4) is 0 Å². The maximum atomic E-state index is 3.42. The van der Waals surface area contributed by atoms with E-state index in [9.17, 15) is 0 Å². The Bertz CT molecular complexity index is 211. The van der Waals surface area contributed by atoms with Crippen molar-refractivity contribution < 1.29 is 0 Å². The average Bonchev–Trinajstić information content (AvgIpc) is 2.30. The van der Waals surface area contributed by atoms with Crippen molar-refractivity contribution in [3.05, 3.63) is 36.1 Å². The molecule has 0 aromatic heterocycles. The second kappa shape index (κ2) is 2.33. The molecule has 0 spiro atoms. The van der Waals surface area contributed by atoms with Gasteiger partial charge in [0.2, 0.25) is 0 Å². The third kappa shape index (κ3) is 0.991. The summed E-state index contributed by atoms with van der Waals surface area (Å²) in [5, 5.41) is 3.42. The summed E-state index contributed by atoms with van der Waals surface area (Å²) in [6, 6.07) is 0.594. The number of nitrogens with one attached hydrogen (secondary N) is 1. The molecule has 1 N–H and O–H groups in total. The van der Waals surface area contributed by atoms with Crippen LogP contribution < -0.4 is 5.32 Å². The van der Waals surface area contributed by atoms with Gasteiger partial charge in [-0.05, 0) is 18.9 Å². The molecule has 10 heavy (non-hydrogen) atoms. The largest absolute Gasteiger partial charge is 0.382 e. The normalized spacial score (nSPS) is 40.4. The SMILES string of the molecule is C1=C\C=C2\CCC(\C=C/1)N2. The monoisotopic (exact) mass is 133 g/mol. The quantitative estimate of drug-likeness (QED) is 0.531. The summed E-state index contributed by atoms with van der Waals surface area (Å²) in [5.41, 5.74) is 1.38.